The van der Waals surface area contributed by atoms with Gasteiger partial charge in [0.1, 0.15) is 11.9 Å². The van der Waals surface area contributed by atoms with E-state index >= 15 is 0 Å². The molecule has 0 saturated carbocycles. The highest BCUT2D eigenvalue weighted by Gasteiger charge is 2.46. The Morgan fingerprint density at radius 1 is 0.941 bits per heavy atom. The van der Waals surface area contributed by atoms with E-state index < -0.39 is 6.10 Å². The molecule has 0 radical (unpaired) electrons. The maximum absolute atomic E-state index is 12.7. The molecule has 0 aliphatic carbocycles. The van der Waals surface area contributed by atoms with Crippen LogP contribution in [0.5, 0.6) is 5.75 Å². The summed E-state index contributed by atoms with van der Waals surface area (Å²) in [7, 11) is 1.65. The monoisotopic (exact) mass is 468 g/mol. The quantitative estimate of drug-likeness (QED) is 0.414. The number of Topliss-reactive ketones (excluding diaryl/α,β-unsaturated/α-hetero) is 1. The lowest BCUT2D eigenvalue weighted by molar-refractivity contribution is -0.257. The summed E-state index contributed by atoms with van der Waals surface area (Å²) in [5, 5.41) is 0. The second-order valence-electron chi connectivity index (χ2n) is 9.05. The van der Waals surface area contributed by atoms with E-state index in [1.54, 1.807) is 7.11 Å². The van der Waals surface area contributed by atoms with Gasteiger partial charge in [-0.25, -0.2) is 0 Å². The van der Waals surface area contributed by atoms with Gasteiger partial charge in [-0.05, 0) is 36.1 Å². The van der Waals surface area contributed by atoms with Crippen molar-refractivity contribution in [3.05, 3.63) is 65.7 Å². The van der Waals surface area contributed by atoms with E-state index in [0.29, 0.717) is 32.7 Å². The molecule has 6 nitrogen and oxygen atoms in total. The number of ketones is 1. The summed E-state index contributed by atoms with van der Waals surface area (Å²) < 4.78 is 29.8. The highest BCUT2D eigenvalue weighted by Crippen LogP contribution is 2.36. The van der Waals surface area contributed by atoms with Crippen molar-refractivity contribution in [1.29, 1.82) is 0 Å². The van der Waals surface area contributed by atoms with Crippen LogP contribution in [-0.2, 0) is 37.0 Å². The van der Waals surface area contributed by atoms with Gasteiger partial charge in [0.15, 0.2) is 5.78 Å². The number of hydrogen-bond acceptors (Lipinski definition) is 6. The van der Waals surface area contributed by atoms with Gasteiger partial charge in [-0.15, -0.1) is 0 Å². The van der Waals surface area contributed by atoms with Crippen molar-refractivity contribution in [2.45, 2.75) is 82.8 Å². The summed E-state index contributed by atoms with van der Waals surface area (Å²) in [4.78, 5) is 12.7. The number of carbonyl (C=O) groups excluding carboxylic acids is 1. The Kier molecular flexibility index (Phi) is 9.11. The highest BCUT2D eigenvalue weighted by molar-refractivity contribution is 5.82. The van der Waals surface area contributed by atoms with Crippen molar-refractivity contribution < 1.29 is 28.5 Å². The zero-order valence-corrected chi connectivity index (χ0v) is 20.2. The largest absolute Gasteiger partial charge is 0.497 e. The zero-order valence-electron chi connectivity index (χ0n) is 20.2. The summed E-state index contributed by atoms with van der Waals surface area (Å²) in [6.45, 7) is 3.62. The lowest BCUT2D eigenvalue weighted by Crippen LogP contribution is -2.57. The molecule has 3 heterocycles. The summed E-state index contributed by atoms with van der Waals surface area (Å²) in [6, 6.07) is 18.0. The SMILES string of the molecule is CCC(=O)C1CC(OCc2ccc(OC)cc2)C2CC(O2)C(CCCOCc2ccccc2)O1. The molecule has 5 atom stereocenters. The van der Waals surface area contributed by atoms with Crippen LogP contribution in [0.2, 0.25) is 0 Å². The normalized spacial score (nSPS) is 26.2. The second-order valence-corrected chi connectivity index (χ2v) is 9.05. The van der Waals surface area contributed by atoms with Crippen LogP contribution < -0.4 is 4.74 Å². The third kappa shape index (κ3) is 6.66. The van der Waals surface area contributed by atoms with E-state index in [9.17, 15) is 4.79 Å². The average Bonchev–Trinajstić information content (AvgIpc) is 2.83. The molecule has 5 rings (SSSR count). The molecule has 0 aromatic heterocycles. The number of benzene rings is 2. The third-order valence-corrected chi connectivity index (χ3v) is 6.65. The minimum Gasteiger partial charge on any atom is -0.497 e. The smallest absolute Gasteiger partial charge is 0.161 e. The molecule has 3 fully saturated rings. The van der Waals surface area contributed by atoms with Crippen LogP contribution in [0.1, 0.15) is 50.2 Å². The Morgan fingerprint density at radius 2 is 1.68 bits per heavy atom. The van der Waals surface area contributed by atoms with Crippen LogP contribution in [0.3, 0.4) is 0 Å². The predicted octanol–water partition coefficient (Wildman–Crippen LogP) is 4.87. The minimum atomic E-state index is -0.449. The molecule has 2 aromatic rings. The summed E-state index contributed by atoms with van der Waals surface area (Å²) in [5.41, 5.74) is 2.23. The number of ether oxygens (including phenoxy) is 5. The van der Waals surface area contributed by atoms with Crippen LogP contribution in [0.15, 0.2) is 54.6 Å². The lowest BCUT2D eigenvalue weighted by atomic mass is 9.88. The number of methoxy groups -OCH3 is 1. The highest BCUT2D eigenvalue weighted by atomic mass is 16.6. The number of carbonyl (C=O) groups is 1. The van der Waals surface area contributed by atoms with E-state index in [-0.39, 0.29) is 30.2 Å². The first-order valence-electron chi connectivity index (χ1n) is 12.4. The van der Waals surface area contributed by atoms with Crippen LogP contribution in [-0.4, -0.2) is 50.0 Å². The van der Waals surface area contributed by atoms with E-state index in [1.165, 1.54) is 5.56 Å². The molecule has 0 amide bonds. The average molecular weight is 469 g/mol. The minimum absolute atomic E-state index is 0.0103. The van der Waals surface area contributed by atoms with Crippen LogP contribution in [0.4, 0.5) is 0 Å². The fraction of sp³-hybridized carbons (Fsp3) is 0.536. The summed E-state index contributed by atoms with van der Waals surface area (Å²) in [5.74, 6) is 0.947. The maximum atomic E-state index is 12.7. The van der Waals surface area contributed by atoms with Crippen molar-refractivity contribution >= 4 is 5.78 Å². The van der Waals surface area contributed by atoms with Gasteiger partial charge in [0.25, 0.3) is 0 Å². The first-order valence-corrected chi connectivity index (χ1v) is 12.4. The number of hydrogen-bond donors (Lipinski definition) is 0. The van der Waals surface area contributed by atoms with Crippen molar-refractivity contribution in [2.75, 3.05) is 13.7 Å². The fourth-order valence-corrected chi connectivity index (χ4v) is 4.58. The molecule has 3 aliphatic rings. The second kappa shape index (κ2) is 12.5. The van der Waals surface area contributed by atoms with E-state index in [1.807, 2.05) is 49.4 Å². The van der Waals surface area contributed by atoms with Gasteiger partial charge >= 0.3 is 0 Å². The molecular weight excluding hydrogens is 432 g/mol. The third-order valence-electron chi connectivity index (χ3n) is 6.65. The van der Waals surface area contributed by atoms with E-state index in [0.717, 1.165) is 30.6 Å². The Bertz CT molecular complexity index is 878. The van der Waals surface area contributed by atoms with Crippen molar-refractivity contribution in [3.8, 4) is 5.75 Å². The molecule has 3 saturated heterocycles. The fourth-order valence-electron chi connectivity index (χ4n) is 4.58. The summed E-state index contributed by atoms with van der Waals surface area (Å²) >= 11 is 0. The van der Waals surface area contributed by atoms with E-state index in [2.05, 4.69) is 12.1 Å². The van der Waals surface area contributed by atoms with Gasteiger partial charge in [-0.3, -0.25) is 4.79 Å². The Balaban J connectivity index is 1.27. The van der Waals surface area contributed by atoms with Gasteiger partial charge in [0.2, 0.25) is 0 Å². The van der Waals surface area contributed by atoms with Gasteiger partial charge in [0, 0.05) is 25.9 Å². The Labute approximate surface area is 202 Å². The lowest BCUT2D eigenvalue weighted by Gasteiger charge is -2.48. The molecule has 0 spiro atoms. The number of fused-ring (bicyclic) bond motifs is 4. The zero-order chi connectivity index (χ0) is 23.8. The van der Waals surface area contributed by atoms with Crippen LogP contribution in [0, 0.1) is 0 Å². The standard InChI is InChI=1S/C28H36O6/c1-3-23(29)25-16-26(32-19-21-11-13-22(30-2)14-12-21)28-17-27(34-28)24(33-25)10-7-15-31-18-20-8-5-4-6-9-20/h4-6,8-9,11-14,24-28H,3,7,10,15-19H2,1-2H3. The van der Waals surface area contributed by atoms with Gasteiger partial charge in [-0.2, -0.15) is 0 Å². The molecule has 5 unspecified atom stereocenters. The molecule has 34 heavy (non-hydrogen) atoms. The van der Waals surface area contributed by atoms with Crippen LogP contribution in [0.25, 0.3) is 0 Å². The van der Waals surface area contributed by atoms with Crippen molar-refractivity contribution in [1.82, 2.24) is 0 Å². The van der Waals surface area contributed by atoms with Gasteiger partial charge in [0.05, 0.1) is 44.7 Å². The topological polar surface area (TPSA) is 63.2 Å². The molecule has 6 heteroatoms. The Hall–Kier alpha value is -2.25. The first-order chi connectivity index (χ1) is 16.7. The van der Waals surface area contributed by atoms with Crippen molar-refractivity contribution in [3.63, 3.8) is 0 Å². The molecule has 184 valence electrons. The van der Waals surface area contributed by atoms with Crippen LogP contribution >= 0.6 is 0 Å². The molecule has 2 bridgehead atoms. The van der Waals surface area contributed by atoms with E-state index in [4.69, 9.17) is 23.7 Å². The molecule has 2 aromatic carbocycles. The predicted molar refractivity (Wildman–Crippen MR) is 129 cm³/mol. The summed E-state index contributed by atoms with van der Waals surface area (Å²) in [6.07, 6.45) is 2.90. The molecule has 0 N–H and O–H groups in total. The molecule has 3 aliphatic heterocycles. The Morgan fingerprint density at radius 3 is 2.38 bits per heavy atom. The number of rotatable bonds is 12. The van der Waals surface area contributed by atoms with Gasteiger partial charge < -0.3 is 23.7 Å². The maximum Gasteiger partial charge on any atom is 0.161 e. The van der Waals surface area contributed by atoms with Crippen molar-refractivity contribution in [2.24, 2.45) is 0 Å². The van der Waals surface area contributed by atoms with Gasteiger partial charge in [-0.1, -0.05) is 49.4 Å². The first kappa shape index (κ1) is 24.9. The molecular formula is C28H36O6.